The Kier molecular flexibility index (Phi) is 10.1. The maximum Gasteiger partial charge on any atom is 0.332 e. The minimum Gasteiger partial charge on any atom is -0.493 e. The van der Waals surface area contributed by atoms with Crippen LogP contribution < -0.4 is 30.8 Å². The van der Waals surface area contributed by atoms with E-state index in [1.54, 1.807) is 40.5 Å². The second-order valence-electron chi connectivity index (χ2n) is 9.03. The molecule has 0 amide bonds. The molecular weight excluding hydrogens is 506 g/mol. The highest BCUT2D eigenvalue weighted by Crippen LogP contribution is 2.38. The molecule has 39 heavy (non-hydrogen) atoms. The minimum atomic E-state index is -0.408. The predicted octanol–water partition coefficient (Wildman–Crippen LogP) is 2.56. The molecule has 0 bridgehead atoms. The SMILES string of the molecule is COc1cc(CN(CCCc2ccc([N+](=O)[O-])cc2)CCNc2cc(=O)n(C)c(=O)n2C)cc(OC)c1OC. The van der Waals surface area contributed by atoms with Gasteiger partial charge in [-0.25, -0.2) is 4.79 Å². The third-order valence-corrected chi connectivity index (χ3v) is 6.48. The Labute approximate surface area is 226 Å². The number of non-ortho nitro benzene ring substituents is 1. The Morgan fingerprint density at radius 2 is 1.54 bits per heavy atom. The van der Waals surface area contributed by atoms with Gasteiger partial charge in [-0.3, -0.25) is 28.9 Å². The van der Waals surface area contributed by atoms with E-state index in [1.807, 2.05) is 12.1 Å². The number of nitrogens with zero attached hydrogens (tertiary/aromatic N) is 4. The number of nitrogens with one attached hydrogen (secondary N) is 1. The summed E-state index contributed by atoms with van der Waals surface area (Å²) in [6.07, 6.45) is 1.56. The molecule has 0 unspecified atom stereocenters. The summed E-state index contributed by atoms with van der Waals surface area (Å²) in [5.74, 6) is 2.08. The highest BCUT2D eigenvalue weighted by atomic mass is 16.6. The predicted molar refractivity (Wildman–Crippen MR) is 148 cm³/mol. The first-order valence-electron chi connectivity index (χ1n) is 12.4. The largest absolute Gasteiger partial charge is 0.493 e. The zero-order chi connectivity index (χ0) is 28.5. The van der Waals surface area contributed by atoms with Gasteiger partial charge in [-0.15, -0.1) is 0 Å². The highest BCUT2D eigenvalue weighted by Gasteiger charge is 2.16. The maximum atomic E-state index is 12.3. The fourth-order valence-electron chi connectivity index (χ4n) is 4.29. The van der Waals surface area contributed by atoms with Crippen LogP contribution in [0, 0.1) is 10.1 Å². The normalized spacial score (nSPS) is 10.9. The van der Waals surface area contributed by atoms with Crippen LogP contribution in [0.2, 0.25) is 0 Å². The summed E-state index contributed by atoms with van der Waals surface area (Å²) in [7, 11) is 7.75. The van der Waals surface area contributed by atoms with E-state index in [2.05, 4.69) is 10.2 Å². The summed E-state index contributed by atoms with van der Waals surface area (Å²) in [6, 6.07) is 11.8. The fourth-order valence-corrected chi connectivity index (χ4v) is 4.29. The first-order chi connectivity index (χ1) is 18.7. The van der Waals surface area contributed by atoms with Crippen LogP contribution in [0.3, 0.4) is 0 Å². The van der Waals surface area contributed by atoms with Crippen molar-refractivity contribution in [2.45, 2.75) is 19.4 Å². The van der Waals surface area contributed by atoms with Crippen molar-refractivity contribution in [2.24, 2.45) is 14.1 Å². The van der Waals surface area contributed by atoms with Crippen LogP contribution in [0.15, 0.2) is 52.1 Å². The minimum absolute atomic E-state index is 0.0685. The first kappa shape index (κ1) is 29.2. The molecule has 3 rings (SSSR count). The Hall–Kier alpha value is -4.32. The van der Waals surface area contributed by atoms with Gasteiger partial charge in [0.1, 0.15) is 5.82 Å². The van der Waals surface area contributed by atoms with Crippen molar-refractivity contribution >= 4 is 11.5 Å². The second-order valence-corrected chi connectivity index (χ2v) is 9.03. The molecule has 0 fully saturated rings. The average Bonchev–Trinajstić information content (AvgIpc) is 2.94. The Bertz CT molecular complexity index is 1370. The standard InChI is InChI=1S/C27H35N5O7/c1-29-24(17-25(33)30(2)27(29)34)28-12-14-31(13-6-7-19-8-10-21(11-9-19)32(35)36)18-20-15-22(37-3)26(39-5)23(16-20)38-4/h8-11,15-17,28H,6-7,12-14,18H2,1-5H3. The summed E-state index contributed by atoms with van der Waals surface area (Å²) in [4.78, 5) is 37.1. The molecule has 1 aromatic heterocycles. The lowest BCUT2D eigenvalue weighted by molar-refractivity contribution is -0.384. The molecule has 1 heterocycles. The third-order valence-electron chi connectivity index (χ3n) is 6.48. The van der Waals surface area contributed by atoms with Crippen molar-refractivity contribution < 1.29 is 19.1 Å². The number of benzene rings is 2. The van der Waals surface area contributed by atoms with Crippen molar-refractivity contribution in [3.63, 3.8) is 0 Å². The molecule has 0 aliphatic heterocycles. The average molecular weight is 542 g/mol. The number of aryl methyl sites for hydroxylation is 1. The van der Waals surface area contributed by atoms with Gasteiger partial charge in [-0.1, -0.05) is 12.1 Å². The molecule has 12 nitrogen and oxygen atoms in total. The van der Waals surface area contributed by atoms with E-state index >= 15 is 0 Å². The van der Waals surface area contributed by atoms with Gasteiger partial charge in [0.25, 0.3) is 11.2 Å². The quantitative estimate of drug-likeness (QED) is 0.242. The monoisotopic (exact) mass is 541 g/mol. The van der Waals surface area contributed by atoms with Crippen molar-refractivity contribution in [1.82, 2.24) is 14.0 Å². The number of aromatic nitrogens is 2. The molecule has 1 N–H and O–H groups in total. The van der Waals surface area contributed by atoms with Crippen LogP contribution in [0.5, 0.6) is 17.2 Å². The molecule has 0 saturated carbocycles. The van der Waals surface area contributed by atoms with Gasteiger partial charge in [-0.05, 0) is 42.6 Å². The van der Waals surface area contributed by atoms with Gasteiger partial charge in [0.15, 0.2) is 11.5 Å². The van der Waals surface area contributed by atoms with E-state index in [0.717, 1.165) is 35.1 Å². The topological polar surface area (TPSA) is 130 Å². The van der Waals surface area contributed by atoms with Crippen LogP contribution in [0.1, 0.15) is 17.5 Å². The zero-order valence-electron chi connectivity index (χ0n) is 22.9. The molecule has 0 radical (unpaired) electrons. The number of anilines is 1. The van der Waals surface area contributed by atoms with Crippen molar-refractivity contribution in [2.75, 3.05) is 46.3 Å². The number of hydrogen-bond donors (Lipinski definition) is 1. The van der Waals surface area contributed by atoms with E-state index in [4.69, 9.17) is 14.2 Å². The number of nitro benzene ring substituents is 1. The molecule has 0 atom stereocenters. The zero-order valence-corrected chi connectivity index (χ0v) is 22.9. The molecule has 210 valence electrons. The van der Waals surface area contributed by atoms with Crippen LogP contribution in [0.4, 0.5) is 11.5 Å². The molecule has 3 aromatic rings. The number of nitro groups is 1. The molecule has 12 heteroatoms. The highest BCUT2D eigenvalue weighted by molar-refractivity contribution is 5.53. The molecule has 0 aliphatic carbocycles. The first-order valence-corrected chi connectivity index (χ1v) is 12.4. The maximum absolute atomic E-state index is 12.3. The van der Waals surface area contributed by atoms with Gasteiger partial charge in [0, 0.05) is 51.9 Å². The second kappa shape index (κ2) is 13.5. The van der Waals surface area contributed by atoms with Crippen LogP contribution in [0.25, 0.3) is 0 Å². The van der Waals surface area contributed by atoms with Crippen LogP contribution in [-0.2, 0) is 27.1 Å². The summed E-state index contributed by atoms with van der Waals surface area (Å²) in [5.41, 5.74) is 1.27. The summed E-state index contributed by atoms with van der Waals surface area (Å²) >= 11 is 0. The smallest absolute Gasteiger partial charge is 0.332 e. The third kappa shape index (κ3) is 7.38. The molecular formula is C27H35N5O7. The van der Waals surface area contributed by atoms with Crippen molar-refractivity contribution in [3.8, 4) is 17.2 Å². The molecule has 0 spiro atoms. The van der Waals surface area contributed by atoms with E-state index in [9.17, 15) is 19.7 Å². The van der Waals surface area contributed by atoms with Crippen LogP contribution in [-0.4, -0.2) is 59.9 Å². The Balaban J connectivity index is 1.75. The lowest BCUT2D eigenvalue weighted by Gasteiger charge is -2.24. The number of rotatable bonds is 14. The summed E-state index contributed by atoms with van der Waals surface area (Å²) in [6.45, 7) is 2.40. The van der Waals surface area contributed by atoms with E-state index < -0.39 is 10.6 Å². The van der Waals surface area contributed by atoms with Gasteiger partial charge < -0.3 is 19.5 Å². The van der Waals surface area contributed by atoms with E-state index in [0.29, 0.717) is 42.7 Å². The molecule has 0 saturated heterocycles. The van der Waals surface area contributed by atoms with Gasteiger partial charge in [0.05, 0.1) is 26.3 Å². The van der Waals surface area contributed by atoms with Crippen LogP contribution >= 0.6 is 0 Å². The molecule has 2 aromatic carbocycles. The lowest BCUT2D eigenvalue weighted by Crippen LogP contribution is -2.38. The number of ether oxygens (including phenoxy) is 3. The Morgan fingerprint density at radius 3 is 2.10 bits per heavy atom. The Morgan fingerprint density at radius 1 is 0.897 bits per heavy atom. The van der Waals surface area contributed by atoms with Gasteiger partial charge in [-0.2, -0.15) is 0 Å². The lowest BCUT2D eigenvalue weighted by atomic mass is 10.1. The van der Waals surface area contributed by atoms with E-state index in [1.165, 1.54) is 29.8 Å². The van der Waals surface area contributed by atoms with Gasteiger partial charge >= 0.3 is 5.69 Å². The fraction of sp³-hybridized carbons (Fsp3) is 0.407. The van der Waals surface area contributed by atoms with Crippen molar-refractivity contribution in [3.05, 3.63) is 84.5 Å². The van der Waals surface area contributed by atoms with Crippen molar-refractivity contribution in [1.29, 1.82) is 0 Å². The number of methoxy groups -OCH3 is 3. The number of hydrogen-bond acceptors (Lipinski definition) is 9. The van der Waals surface area contributed by atoms with Gasteiger partial charge in [0.2, 0.25) is 5.75 Å². The summed E-state index contributed by atoms with van der Waals surface area (Å²) in [5, 5.41) is 14.1. The molecule has 0 aliphatic rings. The van der Waals surface area contributed by atoms with E-state index in [-0.39, 0.29) is 11.2 Å². The summed E-state index contributed by atoms with van der Waals surface area (Å²) < 4.78 is 18.9.